The van der Waals surface area contributed by atoms with Crippen molar-refractivity contribution in [1.82, 2.24) is 19.9 Å². The number of fused-ring (bicyclic) bond motifs is 1. The molecule has 3 heterocycles. The molecular formula is C14H16FN5O. The molecule has 6 nitrogen and oxygen atoms in total. The van der Waals surface area contributed by atoms with Gasteiger partial charge in [0.15, 0.2) is 0 Å². The highest BCUT2D eigenvalue weighted by Crippen LogP contribution is 2.18. The SMILES string of the molecule is O=C(NC[C@@H]1CCn2ccnc2C1)Nc1ccc(F)cn1. The third kappa shape index (κ3) is 3.36. The van der Waals surface area contributed by atoms with Gasteiger partial charge in [0.25, 0.3) is 0 Å². The fraction of sp³-hybridized carbons (Fsp3) is 0.357. The molecule has 0 saturated heterocycles. The molecule has 110 valence electrons. The van der Waals surface area contributed by atoms with E-state index in [0.717, 1.165) is 31.4 Å². The maximum atomic E-state index is 12.7. The van der Waals surface area contributed by atoms with Crippen molar-refractivity contribution in [2.45, 2.75) is 19.4 Å². The van der Waals surface area contributed by atoms with Gasteiger partial charge in [-0.25, -0.2) is 19.2 Å². The minimum absolute atomic E-state index is 0.327. The van der Waals surface area contributed by atoms with Crippen LogP contribution in [0.1, 0.15) is 12.2 Å². The minimum atomic E-state index is -0.432. The minimum Gasteiger partial charge on any atom is -0.338 e. The summed E-state index contributed by atoms with van der Waals surface area (Å²) >= 11 is 0. The Labute approximate surface area is 121 Å². The summed E-state index contributed by atoms with van der Waals surface area (Å²) in [5.74, 6) is 1.34. The van der Waals surface area contributed by atoms with Crippen molar-refractivity contribution in [3.8, 4) is 0 Å². The third-order valence-electron chi connectivity index (χ3n) is 3.57. The summed E-state index contributed by atoms with van der Waals surface area (Å²) in [6, 6.07) is 2.35. The number of carbonyl (C=O) groups is 1. The van der Waals surface area contributed by atoms with Crippen molar-refractivity contribution < 1.29 is 9.18 Å². The number of nitrogens with zero attached hydrogens (tertiary/aromatic N) is 3. The molecule has 1 atom stereocenters. The number of hydrogen-bond donors (Lipinski definition) is 2. The second-order valence-electron chi connectivity index (χ2n) is 5.09. The highest BCUT2D eigenvalue weighted by molar-refractivity contribution is 5.88. The zero-order valence-corrected chi connectivity index (χ0v) is 11.4. The summed E-state index contributed by atoms with van der Waals surface area (Å²) in [6.45, 7) is 1.52. The molecule has 1 aliphatic rings. The highest BCUT2D eigenvalue weighted by Gasteiger charge is 2.19. The van der Waals surface area contributed by atoms with Crippen LogP contribution in [-0.2, 0) is 13.0 Å². The van der Waals surface area contributed by atoms with Crippen LogP contribution in [0.15, 0.2) is 30.7 Å². The van der Waals surface area contributed by atoms with E-state index in [1.54, 1.807) is 6.20 Å². The zero-order chi connectivity index (χ0) is 14.7. The van der Waals surface area contributed by atoms with Gasteiger partial charge in [0.2, 0.25) is 0 Å². The van der Waals surface area contributed by atoms with Crippen LogP contribution in [-0.4, -0.2) is 27.1 Å². The molecule has 0 fully saturated rings. The normalized spacial score (nSPS) is 17.1. The first kappa shape index (κ1) is 13.5. The molecule has 3 rings (SSSR count). The lowest BCUT2D eigenvalue weighted by Gasteiger charge is -2.23. The predicted molar refractivity (Wildman–Crippen MR) is 75.3 cm³/mol. The third-order valence-corrected chi connectivity index (χ3v) is 3.57. The van der Waals surface area contributed by atoms with Gasteiger partial charge in [-0.1, -0.05) is 0 Å². The van der Waals surface area contributed by atoms with Crippen LogP contribution in [0.4, 0.5) is 15.0 Å². The number of rotatable bonds is 3. The topological polar surface area (TPSA) is 71.8 Å². The van der Waals surface area contributed by atoms with E-state index in [9.17, 15) is 9.18 Å². The summed E-state index contributed by atoms with van der Waals surface area (Å²) < 4.78 is 14.8. The molecule has 0 aliphatic carbocycles. The maximum Gasteiger partial charge on any atom is 0.320 e. The summed E-state index contributed by atoms with van der Waals surface area (Å²) in [7, 11) is 0. The lowest BCUT2D eigenvalue weighted by molar-refractivity contribution is 0.248. The number of hydrogen-bond acceptors (Lipinski definition) is 3. The average Bonchev–Trinajstić information content (AvgIpc) is 2.95. The highest BCUT2D eigenvalue weighted by atomic mass is 19.1. The second-order valence-corrected chi connectivity index (χ2v) is 5.09. The van der Waals surface area contributed by atoms with Gasteiger partial charge >= 0.3 is 6.03 Å². The van der Waals surface area contributed by atoms with Gasteiger partial charge in [0.1, 0.15) is 17.5 Å². The number of imidazole rings is 1. The molecular weight excluding hydrogens is 273 g/mol. The van der Waals surface area contributed by atoms with Gasteiger partial charge in [-0.05, 0) is 24.5 Å². The van der Waals surface area contributed by atoms with E-state index in [1.165, 1.54) is 12.1 Å². The number of amides is 2. The van der Waals surface area contributed by atoms with Gasteiger partial charge in [-0.15, -0.1) is 0 Å². The predicted octanol–water partition coefficient (Wildman–Crippen LogP) is 1.80. The van der Waals surface area contributed by atoms with Crippen LogP contribution in [0.5, 0.6) is 0 Å². The lowest BCUT2D eigenvalue weighted by atomic mass is 9.98. The Morgan fingerprint density at radius 3 is 3.14 bits per heavy atom. The molecule has 0 saturated carbocycles. The Hall–Kier alpha value is -2.44. The lowest BCUT2D eigenvalue weighted by Crippen LogP contribution is -2.35. The second kappa shape index (κ2) is 5.90. The van der Waals surface area contributed by atoms with Crippen LogP contribution in [0.25, 0.3) is 0 Å². The number of halogens is 1. The van der Waals surface area contributed by atoms with Crippen molar-refractivity contribution in [2.75, 3.05) is 11.9 Å². The number of pyridine rings is 1. The maximum absolute atomic E-state index is 12.7. The average molecular weight is 289 g/mol. The number of nitrogens with one attached hydrogen (secondary N) is 2. The van der Waals surface area contributed by atoms with Crippen LogP contribution in [0.2, 0.25) is 0 Å². The fourth-order valence-electron chi connectivity index (χ4n) is 2.44. The molecule has 7 heteroatoms. The Bertz CT molecular complexity index is 625. The van der Waals surface area contributed by atoms with E-state index in [2.05, 4.69) is 25.2 Å². The molecule has 0 aromatic carbocycles. The van der Waals surface area contributed by atoms with Crippen LogP contribution < -0.4 is 10.6 Å². The standard InChI is InChI=1S/C14H16FN5O/c15-11-1-2-12(17-9-11)19-14(21)18-8-10-3-5-20-6-4-16-13(20)7-10/h1-2,4,6,9-10H,3,5,7-8H2,(H2,17,18,19,21)/t10-/m1/s1. The molecule has 21 heavy (non-hydrogen) atoms. The van der Waals surface area contributed by atoms with E-state index in [-0.39, 0.29) is 6.03 Å². The van der Waals surface area contributed by atoms with E-state index < -0.39 is 5.82 Å². The van der Waals surface area contributed by atoms with Gasteiger partial charge in [-0.2, -0.15) is 0 Å². The first-order chi connectivity index (χ1) is 10.2. The summed E-state index contributed by atoms with van der Waals surface area (Å²) in [5, 5.41) is 5.39. The molecule has 2 aromatic heterocycles. The van der Waals surface area contributed by atoms with E-state index in [0.29, 0.717) is 18.3 Å². The molecule has 0 radical (unpaired) electrons. The summed E-state index contributed by atoms with van der Waals surface area (Å²) in [6.07, 6.45) is 6.72. The molecule has 2 N–H and O–H groups in total. The number of carbonyl (C=O) groups excluding carboxylic acids is 1. The van der Waals surface area contributed by atoms with Crippen molar-refractivity contribution >= 4 is 11.8 Å². The number of urea groups is 1. The van der Waals surface area contributed by atoms with Crippen LogP contribution in [0.3, 0.4) is 0 Å². The van der Waals surface area contributed by atoms with Crippen LogP contribution in [0, 0.1) is 11.7 Å². The summed E-state index contributed by atoms with van der Waals surface area (Å²) in [5.41, 5.74) is 0. The van der Waals surface area contributed by atoms with Gasteiger partial charge in [0.05, 0.1) is 6.20 Å². The fourth-order valence-corrected chi connectivity index (χ4v) is 2.44. The molecule has 0 bridgehead atoms. The Morgan fingerprint density at radius 1 is 1.43 bits per heavy atom. The van der Waals surface area contributed by atoms with Crippen molar-refractivity contribution in [2.24, 2.45) is 5.92 Å². The van der Waals surface area contributed by atoms with Crippen molar-refractivity contribution in [1.29, 1.82) is 0 Å². The Balaban J connectivity index is 1.47. The van der Waals surface area contributed by atoms with Gasteiger partial charge < -0.3 is 9.88 Å². The number of aromatic nitrogens is 3. The number of anilines is 1. The van der Waals surface area contributed by atoms with Gasteiger partial charge in [-0.3, -0.25) is 5.32 Å². The summed E-state index contributed by atoms with van der Waals surface area (Å²) in [4.78, 5) is 19.8. The van der Waals surface area contributed by atoms with Crippen molar-refractivity contribution in [3.05, 3.63) is 42.4 Å². The molecule has 0 spiro atoms. The van der Waals surface area contributed by atoms with E-state index in [4.69, 9.17) is 0 Å². The quantitative estimate of drug-likeness (QED) is 0.905. The van der Waals surface area contributed by atoms with Crippen molar-refractivity contribution in [3.63, 3.8) is 0 Å². The van der Waals surface area contributed by atoms with E-state index >= 15 is 0 Å². The molecule has 0 unspecified atom stereocenters. The zero-order valence-electron chi connectivity index (χ0n) is 11.4. The smallest absolute Gasteiger partial charge is 0.320 e. The first-order valence-corrected chi connectivity index (χ1v) is 6.87. The van der Waals surface area contributed by atoms with E-state index in [1.807, 2.05) is 6.20 Å². The largest absolute Gasteiger partial charge is 0.338 e. The Morgan fingerprint density at radius 2 is 2.33 bits per heavy atom. The Kier molecular flexibility index (Phi) is 3.81. The molecule has 2 aromatic rings. The first-order valence-electron chi connectivity index (χ1n) is 6.87. The van der Waals surface area contributed by atoms with Crippen LogP contribution >= 0.6 is 0 Å². The monoisotopic (exact) mass is 289 g/mol. The molecule has 1 aliphatic heterocycles. The number of aryl methyl sites for hydroxylation is 1. The molecule has 2 amide bonds. The van der Waals surface area contributed by atoms with Gasteiger partial charge in [0, 0.05) is 31.9 Å².